The fourth-order valence-corrected chi connectivity index (χ4v) is 5.28. The summed E-state index contributed by atoms with van der Waals surface area (Å²) in [6, 6.07) is 16.2. The molecule has 2 heterocycles. The van der Waals surface area contributed by atoms with Crippen molar-refractivity contribution in [3.8, 4) is 0 Å². The molecule has 6 nitrogen and oxygen atoms in total. The second-order valence-corrected chi connectivity index (χ2v) is 10.3. The summed E-state index contributed by atoms with van der Waals surface area (Å²) in [6.07, 6.45) is 3.15. The molecule has 1 aliphatic rings. The molecule has 1 amide bonds. The fourth-order valence-electron chi connectivity index (χ4n) is 3.46. The van der Waals surface area contributed by atoms with Crippen LogP contribution in [0.2, 0.25) is 0 Å². The van der Waals surface area contributed by atoms with Crippen molar-refractivity contribution < 1.29 is 4.79 Å². The number of fused-ring (bicyclic) bond motifs is 1. The van der Waals surface area contributed by atoms with Gasteiger partial charge in [-0.1, -0.05) is 36.0 Å². The van der Waals surface area contributed by atoms with Crippen molar-refractivity contribution >= 4 is 44.9 Å². The van der Waals surface area contributed by atoms with Gasteiger partial charge >= 0.3 is 0 Å². The predicted molar refractivity (Wildman–Crippen MR) is 126 cm³/mol. The van der Waals surface area contributed by atoms with Gasteiger partial charge < -0.3 is 9.88 Å². The second kappa shape index (κ2) is 8.43. The van der Waals surface area contributed by atoms with Crippen molar-refractivity contribution in [3.63, 3.8) is 0 Å². The van der Waals surface area contributed by atoms with E-state index < -0.39 is 0 Å². The van der Waals surface area contributed by atoms with E-state index in [2.05, 4.69) is 21.6 Å². The highest BCUT2D eigenvalue weighted by molar-refractivity contribution is 8.00. The maximum absolute atomic E-state index is 12.7. The van der Waals surface area contributed by atoms with Crippen molar-refractivity contribution in [2.75, 3.05) is 5.32 Å². The Balaban J connectivity index is 1.19. The predicted octanol–water partition coefficient (Wildman–Crippen LogP) is 5.01. The number of nitrogens with zero attached hydrogens (tertiary/aromatic N) is 4. The summed E-state index contributed by atoms with van der Waals surface area (Å²) in [4.78, 5) is 17.4. The van der Waals surface area contributed by atoms with Crippen LogP contribution >= 0.6 is 23.1 Å². The first kappa shape index (κ1) is 20.2. The number of benzene rings is 2. The van der Waals surface area contributed by atoms with Crippen LogP contribution in [0, 0.1) is 0 Å². The molecule has 0 spiro atoms. The summed E-state index contributed by atoms with van der Waals surface area (Å²) in [5.74, 6) is 1.52. The monoisotopic (exact) mass is 449 g/mol. The number of nitrogens with one attached hydrogen (secondary N) is 1. The molecule has 1 saturated carbocycles. The molecule has 1 atom stereocenters. The number of carbonyl (C=O) groups excluding carboxylic acids is 1. The van der Waals surface area contributed by atoms with Crippen molar-refractivity contribution in [2.45, 2.75) is 42.5 Å². The summed E-state index contributed by atoms with van der Waals surface area (Å²) in [5.41, 5.74) is 3.01. The highest BCUT2D eigenvalue weighted by atomic mass is 32.2. The molecule has 0 radical (unpaired) electrons. The highest BCUT2D eigenvalue weighted by Crippen LogP contribution is 2.39. The molecular formula is C23H23N5OS2. The number of carbonyl (C=O) groups is 1. The average molecular weight is 450 g/mol. The van der Waals surface area contributed by atoms with E-state index in [-0.39, 0.29) is 11.2 Å². The zero-order valence-electron chi connectivity index (χ0n) is 17.4. The van der Waals surface area contributed by atoms with Crippen LogP contribution < -0.4 is 5.32 Å². The Morgan fingerprint density at radius 2 is 1.97 bits per heavy atom. The molecule has 0 saturated heterocycles. The first-order chi connectivity index (χ1) is 15.1. The van der Waals surface area contributed by atoms with E-state index in [9.17, 15) is 4.79 Å². The number of amides is 1. The van der Waals surface area contributed by atoms with Crippen LogP contribution in [0.25, 0.3) is 10.2 Å². The van der Waals surface area contributed by atoms with Gasteiger partial charge in [0.15, 0.2) is 5.16 Å². The molecule has 1 fully saturated rings. The van der Waals surface area contributed by atoms with Crippen molar-refractivity contribution in [1.29, 1.82) is 0 Å². The Morgan fingerprint density at radius 3 is 2.71 bits per heavy atom. The summed E-state index contributed by atoms with van der Waals surface area (Å²) >= 11 is 3.16. The third kappa shape index (κ3) is 4.50. The molecule has 5 rings (SSSR count). The van der Waals surface area contributed by atoms with Crippen LogP contribution in [0.1, 0.15) is 42.1 Å². The Kier molecular flexibility index (Phi) is 5.50. The Morgan fingerprint density at radius 1 is 1.19 bits per heavy atom. The Hall–Kier alpha value is -2.71. The van der Waals surface area contributed by atoms with Gasteiger partial charge in [0.2, 0.25) is 5.91 Å². The maximum Gasteiger partial charge on any atom is 0.237 e. The van der Waals surface area contributed by atoms with Gasteiger partial charge in [0.05, 0.1) is 20.5 Å². The van der Waals surface area contributed by atoms with Gasteiger partial charge in [-0.2, -0.15) is 0 Å². The van der Waals surface area contributed by atoms with E-state index in [0.717, 1.165) is 33.6 Å². The van der Waals surface area contributed by atoms with Gasteiger partial charge in [0.25, 0.3) is 0 Å². The lowest BCUT2D eigenvalue weighted by atomic mass is 10.1. The highest BCUT2D eigenvalue weighted by Gasteiger charge is 2.30. The lowest BCUT2D eigenvalue weighted by Crippen LogP contribution is -2.22. The normalized spacial score (nSPS) is 14.6. The minimum absolute atomic E-state index is 0.0418. The first-order valence-corrected chi connectivity index (χ1v) is 12.1. The van der Waals surface area contributed by atoms with Gasteiger partial charge in [-0.3, -0.25) is 4.79 Å². The topological polar surface area (TPSA) is 72.7 Å². The van der Waals surface area contributed by atoms with Crippen LogP contribution in [-0.2, 0) is 18.3 Å². The van der Waals surface area contributed by atoms with Crippen LogP contribution in [0.4, 0.5) is 5.69 Å². The summed E-state index contributed by atoms with van der Waals surface area (Å²) < 4.78 is 3.23. The zero-order valence-corrected chi connectivity index (χ0v) is 19.0. The molecule has 1 N–H and O–H groups in total. The molecule has 1 aliphatic carbocycles. The number of hydrogen-bond acceptors (Lipinski definition) is 6. The van der Waals surface area contributed by atoms with E-state index in [4.69, 9.17) is 4.98 Å². The Bertz CT molecular complexity index is 1190. The van der Waals surface area contributed by atoms with Gasteiger partial charge in [0.1, 0.15) is 5.82 Å². The van der Waals surface area contributed by atoms with Crippen LogP contribution in [0.3, 0.4) is 0 Å². The van der Waals surface area contributed by atoms with Gasteiger partial charge in [-0.05, 0) is 49.6 Å². The lowest BCUT2D eigenvalue weighted by molar-refractivity contribution is -0.115. The molecule has 8 heteroatoms. The number of thioether (sulfide) groups is 1. The molecule has 158 valence electrons. The van der Waals surface area contributed by atoms with E-state index in [1.165, 1.54) is 34.9 Å². The minimum atomic E-state index is -0.266. The molecule has 0 aliphatic heterocycles. The average Bonchev–Trinajstić information content (AvgIpc) is 3.43. The zero-order chi connectivity index (χ0) is 21.4. The van der Waals surface area contributed by atoms with E-state index in [0.29, 0.717) is 5.92 Å². The third-order valence-corrected chi connectivity index (χ3v) is 7.55. The SMILES string of the molecule is C[C@H](Sc1nnc(C2CC2)n1C)C(=O)Nc1ccc(Cc2nc3ccccc3s2)cc1. The lowest BCUT2D eigenvalue weighted by Gasteiger charge is -2.12. The molecule has 4 aromatic rings. The van der Waals surface area contributed by atoms with Crippen LogP contribution in [-0.4, -0.2) is 30.9 Å². The van der Waals surface area contributed by atoms with E-state index in [1.807, 2.05) is 61.0 Å². The third-order valence-electron chi connectivity index (χ3n) is 5.38. The van der Waals surface area contributed by atoms with E-state index in [1.54, 1.807) is 11.3 Å². The van der Waals surface area contributed by atoms with Crippen molar-refractivity contribution in [1.82, 2.24) is 19.7 Å². The van der Waals surface area contributed by atoms with E-state index >= 15 is 0 Å². The molecular weight excluding hydrogens is 426 g/mol. The largest absolute Gasteiger partial charge is 0.325 e. The van der Waals surface area contributed by atoms with Crippen LogP contribution in [0.15, 0.2) is 53.7 Å². The minimum Gasteiger partial charge on any atom is -0.325 e. The molecule has 0 bridgehead atoms. The van der Waals surface area contributed by atoms with Gasteiger partial charge in [0, 0.05) is 25.1 Å². The van der Waals surface area contributed by atoms with Gasteiger partial charge in [-0.15, -0.1) is 21.5 Å². The number of hydrogen-bond donors (Lipinski definition) is 1. The summed E-state index contributed by atoms with van der Waals surface area (Å²) in [5, 5.41) is 13.2. The second-order valence-electron chi connectivity index (χ2n) is 7.87. The summed E-state index contributed by atoms with van der Waals surface area (Å²) in [6.45, 7) is 1.90. The number of aromatic nitrogens is 4. The number of thiazole rings is 1. The number of rotatable bonds is 7. The standard InChI is InChI=1S/C23H23N5OS2/c1-14(30-23-27-26-21(28(23)2)16-9-10-16)22(29)24-17-11-7-15(8-12-17)13-20-25-18-5-3-4-6-19(18)31-20/h3-8,11-12,14,16H,9-10,13H2,1-2H3,(H,24,29)/t14-/m0/s1. The number of anilines is 1. The molecule has 0 unspecified atom stereocenters. The molecule has 2 aromatic heterocycles. The smallest absolute Gasteiger partial charge is 0.237 e. The van der Waals surface area contributed by atoms with Crippen LogP contribution in [0.5, 0.6) is 0 Å². The summed E-state index contributed by atoms with van der Waals surface area (Å²) in [7, 11) is 1.98. The quantitative estimate of drug-likeness (QED) is 0.402. The molecule has 2 aromatic carbocycles. The first-order valence-electron chi connectivity index (χ1n) is 10.4. The molecule has 31 heavy (non-hydrogen) atoms. The number of para-hydroxylation sites is 1. The van der Waals surface area contributed by atoms with Gasteiger partial charge in [-0.25, -0.2) is 4.98 Å². The fraction of sp³-hybridized carbons (Fsp3) is 0.304. The van der Waals surface area contributed by atoms with Crippen molar-refractivity contribution in [3.05, 3.63) is 64.9 Å². The Labute approximate surface area is 189 Å². The van der Waals surface area contributed by atoms with Crippen molar-refractivity contribution in [2.24, 2.45) is 7.05 Å². The maximum atomic E-state index is 12.7.